The van der Waals surface area contributed by atoms with Crippen LogP contribution in [0.5, 0.6) is 0 Å². The average molecular weight is 115 g/mol. The first-order valence-corrected chi connectivity index (χ1v) is 2.23. The van der Waals surface area contributed by atoms with Crippen LogP contribution >= 0.6 is 0 Å². The maximum absolute atomic E-state index is 7.99. The third kappa shape index (κ3) is 3.21. The number of ether oxygens (including phenoxy) is 1. The van der Waals surface area contributed by atoms with Gasteiger partial charge in [0.15, 0.2) is 0 Å². The standard InChI is InChI=1S/C5H9NO2/c1-3-4-8-5(2)6-7/h3,7H,1,4H2,2H3. The van der Waals surface area contributed by atoms with Gasteiger partial charge in [0.1, 0.15) is 6.61 Å². The van der Waals surface area contributed by atoms with Gasteiger partial charge in [-0.05, 0) is 0 Å². The second-order valence-electron chi connectivity index (χ2n) is 1.22. The minimum Gasteiger partial charge on any atom is -0.475 e. The molecule has 0 fully saturated rings. The molecular weight excluding hydrogens is 106 g/mol. The fraction of sp³-hybridized carbons (Fsp3) is 0.400. The van der Waals surface area contributed by atoms with Crippen molar-refractivity contribution in [1.29, 1.82) is 0 Å². The molecule has 46 valence electrons. The summed E-state index contributed by atoms with van der Waals surface area (Å²) in [5.41, 5.74) is 0. The molecule has 0 aliphatic rings. The van der Waals surface area contributed by atoms with Crippen molar-refractivity contribution < 1.29 is 9.94 Å². The van der Waals surface area contributed by atoms with Crippen molar-refractivity contribution in [1.82, 2.24) is 0 Å². The number of hydrogen-bond donors (Lipinski definition) is 1. The van der Waals surface area contributed by atoms with Gasteiger partial charge >= 0.3 is 0 Å². The first-order valence-electron chi connectivity index (χ1n) is 2.23. The first kappa shape index (κ1) is 7.01. The molecule has 0 rings (SSSR count). The minimum absolute atomic E-state index is 0.255. The SMILES string of the molecule is C=CCOC(C)=NO. The van der Waals surface area contributed by atoms with Crippen molar-refractivity contribution in [3.63, 3.8) is 0 Å². The van der Waals surface area contributed by atoms with Gasteiger partial charge in [-0.3, -0.25) is 0 Å². The number of nitrogens with zero attached hydrogens (tertiary/aromatic N) is 1. The normalized spacial score (nSPS) is 10.9. The van der Waals surface area contributed by atoms with E-state index < -0.39 is 0 Å². The topological polar surface area (TPSA) is 41.8 Å². The molecule has 0 spiro atoms. The van der Waals surface area contributed by atoms with E-state index in [0.717, 1.165) is 0 Å². The molecule has 0 aliphatic carbocycles. The molecule has 1 N–H and O–H groups in total. The Hall–Kier alpha value is -0.990. The zero-order valence-corrected chi connectivity index (χ0v) is 4.79. The quantitative estimate of drug-likeness (QED) is 0.192. The van der Waals surface area contributed by atoms with E-state index in [1.807, 2.05) is 0 Å². The Morgan fingerprint density at radius 3 is 3.00 bits per heavy atom. The molecule has 0 radical (unpaired) electrons. The smallest absolute Gasteiger partial charge is 0.222 e. The molecule has 0 heterocycles. The predicted octanol–water partition coefficient (Wildman–Crippen LogP) is 0.997. The molecule has 0 aromatic heterocycles. The van der Waals surface area contributed by atoms with Crippen LogP contribution < -0.4 is 0 Å². The lowest BCUT2D eigenvalue weighted by atomic mass is 10.7. The van der Waals surface area contributed by atoms with Crippen molar-refractivity contribution in [2.24, 2.45) is 5.16 Å². The Kier molecular flexibility index (Phi) is 3.66. The molecule has 0 amide bonds. The summed E-state index contributed by atoms with van der Waals surface area (Å²) >= 11 is 0. The van der Waals surface area contributed by atoms with Gasteiger partial charge in [-0.1, -0.05) is 17.8 Å². The van der Waals surface area contributed by atoms with Crippen LogP contribution in [-0.2, 0) is 4.74 Å². The highest BCUT2D eigenvalue weighted by atomic mass is 16.5. The Morgan fingerprint density at radius 2 is 2.62 bits per heavy atom. The van der Waals surface area contributed by atoms with E-state index in [4.69, 9.17) is 9.94 Å². The van der Waals surface area contributed by atoms with Crippen molar-refractivity contribution in [2.75, 3.05) is 6.61 Å². The molecule has 0 unspecified atom stereocenters. The second kappa shape index (κ2) is 4.18. The van der Waals surface area contributed by atoms with Gasteiger partial charge < -0.3 is 9.94 Å². The molecule has 0 bridgehead atoms. The van der Waals surface area contributed by atoms with Gasteiger partial charge in [-0.25, -0.2) is 0 Å². The van der Waals surface area contributed by atoms with Gasteiger partial charge in [0.05, 0.1) is 0 Å². The van der Waals surface area contributed by atoms with Crippen LogP contribution in [0.2, 0.25) is 0 Å². The van der Waals surface area contributed by atoms with Crippen LogP contribution in [0.4, 0.5) is 0 Å². The van der Waals surface area contributed by atoms with Gasteiger partial charge in [0.25, 0.3) is 0 Å². The zero-order valence-electron chi connectivity index (χ0n) is 4.79. The molecule has 0 atom stereocenters. The van der Waals surface area contributed by atoms with E-state index >= 15 is 0 Å². The highest BCUT2D eigenvalue weighted by Gasteiger charge is 1.84. The summed E-state index contributed by atoms with van der Waals surface area (Å²) < 4.78 is 4.72. The summed E-state index contributed by atoms with van der Waals surface area (Å²) in [5, 5.41) is 10.8. The highest BCUT2D eigenvalue weighted by molar-refractivity contribution is 5.72. The van der Waals surface area contributed by atoms with Gasteiger partial charge in [-0.15, -0.1) is 0 Å². The van der Waals surface area contributed by atoms with E-state index in [1.54, 1.807) is 13.0 Å². The summed E-state index contributed by atoms with van der Waals surface area (Å²) in [6.07, 6.45) is 1.58. The van der Waals surface area contributed by atoms with E-state index in [2.05, 4.69) is 11.7 Å². The summed E-state index contributed by atoms with van der Waals surface area (Å²) in [4.78, 5) is 0. The summed E-state index contributed by atoms with van der Waals surface area (Å²) in [6, 6.07) is 0. The van der Waals surface area contributed by atoms with Crippen molar-refractivity contribution in [2.45, 2.75) is 6.92 Å². The molecule has 0 aliphatic heterocycles. The highest BCUT2D eigenvalue weighted by Crippen LogP contribution is 1.78. The van der Waals surface area contributed by atoms with Gasteiger partial charge in [0.2, 0.25) is 5.90 Å². The van der Waals surface area contributed by atoms with Crippen LogP contribution in [0, 0.1) is 0 Å². The predicted molar refractivity (Wildman–Crippen MR) is 31.0 cm³/mol. The van der Waals surface area contributed by atoms with E-state index in [-0.39, 0.29) is 5.90 Å². The van der Waals surface area contributed by atoms with Crippen molar-refractivity contribution >= 4 is 5.90 Å². The summed E-state index contributed by atoms with van der Waals surface area (Å²) in [7, 11) is 0. The van der Waals surface area contributed by atoms with Crippen molar-refractivity contribution in [3.05, 3.63) is 12.7 Å². The minimum atomic E-state index is 0.255. The maximum atomic E-state index is 7.99. The third-order valence-corrected chi connectivity index (χ3v) is 0.551. The number of oxime groups is 1. The number of rotatable bonds is 2. The van der Waals surface area contributed by atoms with E-state index in [0.29, 0.717) is 6.61 Å². The average Bonchev–Trinajstić information content (AvgIpc) is 1.83. The van der Waals surface area contributed by atoms with Gasteiger partial charge in [0, 0.05) is 6.92 Å². The molecule has 0 aromatic carbocycles. The van der Waals surface area contributed by atoms with Gasteiger partial charge in [-0.2, -0.15) is 0 Å². The Balaban J connectivity index is 3.24. The lowest BCUT2D eigenvalue weighted by Crippen LogP contribution is -1.97. The van der Waals surface area contributed by atoms with E-state index in [1.165, 1.54) is 0 Å². The lowest BCUT2D eigenvalue weighted by molar-refractivity contribution is 0.271. The fourth-order valence-electron chi connectivity index (χ4n) is 0.208. The van der Waals surface area contributed by atoms with Crippen LogP contribution in [0.3, 0.4) is 0 Å². The monoisotopic (exact) mass is 115 g/mol. The molecule has 3 nitrogen and oxygen atoms in total. The zero-order chi connectivity index (χ0) is 6.41. The first-order chi connectivity index (χ1) is 3.81. The molecule has 8 heavy (non-hydrogen) atoms. The molecule has 0 saturated carbocycles. The van der Waals surface area contributed by atoms with Crippen LogP contribution in [0.25, 0.3) is 0 Å². The molecular formula is C5H9NO2. The molecule has 3 heteroatoms. The van der Waals surface area contributed by atoms with Crippen LogP contribution in [-0.4, -0.2) is 17.7 Å². The second-order valence-corrected chi connectivity index (χ2v) is 1.22. The Labute approximate surface area is 48.3 Å². The molecule has 0 saturated heterocycles. The lowest BCUT2D eigenvalue weighted by Gasteiger charge is -1.95. The maximum Gasteiger partial charge on any atom is 0.222 e. The fourth-order valence-corrected chi connectivity index (χ4v) is 0.208. The number of hydrogen-bond acceptors (Lipinski definition) is 3. The Bertz CT molecular complexity index is 98.6. The largest absolute Gasteiger partial charge is 0.475 e. The van der Waals surface area contributed by atoms with E-state index in [9.17, 15) is 0 Å². The Morgan fingerprint density at radius 1 is 2.00 bits per heavy atom. The van der Waals surface area contributed by atoms with Crippen LogP contribution in [0.15, 0.2) is 17.8 Å². The summed E-state index contributed by atoms with van der Waals surface area (Å²) in [6.45, 7) is 5.35. The summed E-state index contributed by atoms with van der Waals surface area (Å²) in [5.74, 6) is 0.255. The third-order valence-electron chi connectivity index (χ3n) is 0.551. The van der Waals surface area contributed by atoms with Crippen molar-refractivity contribution in [3.8, 4) is 0 Å². The van der Waals surface area contributed by atoms with Crippen LogP contribution in [0.1, 0.15) is 6.92 Å². The molecule has 0 aromatic rings.